The maximum absolute atomic E-state index is 13.3. The van der Waals surface area contributed by atoms with Crippen molar-refractivity contribution in [3.8, 4) is 6.07 Å². The van der Waals surface area contributed by atoms with E-state index in [1.807, 2.05) is 0 Å². The summed E-state index contributed by atoms with van der Waals surface area (Å²) >= 11 is -0.171. The number of thioether (sulfide) groups is 1. The number of alkyl halides is 3. The Hall–Kier alpha value is -1.42. The van der Waals surface area contributed by atoms with Gasteiger partial charge in [-0.15, -0.1) is 0 Å². The molecule has 0 amide bonds. The van der Waals surface area contributed by atoms with Gasteiger partial charge < -0.3 is 5.32 Å². The van der Waals surface area contributed by atoms with Crippen LogP contribution in [0.4, 0.5) is 23.2 Å². The molecule has 1 N–H and O–H groups in total. The molecule has 0 atom stereocenters. The summed E-state index contributed by atoms with van der Waals surface area (Å²) in [6.45, 7) is -0.00695. The number of hydrogen-bond acceptors (Lipinski definition) is 3. The van der Waals surface area contributed by atoms with Crippen LogP contribution in [0.2, 0.25) is 0 Å². The molecule has 92 valence electrons. The molecule has 0 heterocycles. The summed E-state index contributed by atoms with van der Waals surface area (Å²) in [6, 6.07) is 5.51. The molecule has 0 spiro atoms. The number of nitrogens with zero attached hydrogens (tertiary/aromatic N) is 1. The summed E-state index contributed by atoms with van der Waals surface area (Å²) in [5.74, 6) is -0.857. The van der Waals surface area contributed by atoms with E-state index in [9.17, 15) is 17.6 Å². The van der Waals surface area contributed by atoms with Gasteiger partial charge in [0, 0.05) is 12.3 Å². The molecular formula is C10H8F4N2S. The zero-order valence-electron chi connectivity index (χ0n) is 8.51. The van der Waals surface area contributed by atoms with Crippen molar-refractivity contribution in [2.75, 3.05) is 17.6 Å². The molecule has 0 aliphatic heterocycles. The van der Waals surface area contributed by atoms with Gasteiger partial charge in [-0.05, 0) is 30.0 Å². The first kappa shape index (κ1) is 13.6. The molecule has 1 aromatic carbocycles. The molecule has 7 heteroatoms. The standard InChI is InChI=1S/C10H8F4N2S/c11-8-5-7(6-15)1-2-9(8)16-3-4-17-10(12,13)14/h1-2,5,16H,3-4H2. The highest BCUT2D eigenvalue weighted by Crippen LogP contribution is 2.29. The zero-order chi connectivity index (χ0) is 12.9. The van der Waals surface area contributed by atoms with Crippen LogP contribution in [0.3, 0.4) is 0 Å². The van der Waals surface area contributed by atoms with E-state index in [1.165, 1.54) is 12.1 Å². The van der Waals surface area contributed by atoms with Crippen LogP contribution in [0.1, 0.15) is 5.56 Å². The smallest absolute Gasteiger partial charge is 0.382 e. The van der Waals surface area contributed by atoms with Crippen LogP contribution in [0.5, 0.6) is 0 Å². The van der Waals surface area contributed by atoms with Crippen LogP contribution in [-0.4, -0.2) is 17.8 Å². The van der Waals surface area contributed by atoms with E-state index in [-0.39, 0.29) is 35.3 Å². The minimum absolute atomic E-state index is 0.00695. The highest BCUT2D eigenvalue weighted by molar-refractivity contribution is 8.00. The number of halogens is 4. The summed E-state index contributed by atoms with van der Waals surface area (Å²) in [5, 5.41) is 11.0. The number of anilines is 1. The van der Waals surface area contributed by atoms with Crippen LogP contribution < -0.4 is 5.32 Å². The lowest BCUT2D eigenvalue weighted by atomic mass is 10.2. The first-order chi connectivity index (χ1) is 7.92. The molecule has 1 aromatic rings. The molecule has 1 rings (SSSR count). The molecule has 0 saturated carbocycles. The number of rotatable bonds is 4. The van der Waals surface area contributed by atoms with Gasteiger partial charge in [0.1, 0.15) is 5.82 Å². The summed E-state index contributed by atoms with van der Waals surface area (Å²) in [7, 11) is 0. The first-order valence-corrected chi connectivity index (χ1v) is 5.55. The molecule has 0 aliphatic carbocycles. The average molecular weight is 264 g/mol. The number of nitrogens with one attached hydrogen (secondary N) is 1. The van der Waals surface area contributed by atoms with Crippen LogP contribution >= 0.6 is 11.8 Å². The fourth-order valence-corrected chi connectivity index (χ4v) is 1.52. The fourth-order valence-electron chi connectivity index (χ4n) is 1.08. The molecular weight excluding hydrogens is 256 g/mol. The quantitative estimate of drug-likeness (QED) is 0.669. The van der Waals surface area contributed by atoms with Crippen LogP contribution in [0.15, 0.2) is 18.2 Å². The first-order valence-electron chi connectivity index (χ1n) is 4.56. The molecule has 0 unspecified atom stereocenters. The molecule has 0 radical (unpaired) electrons. The van der Waals surface area contributed by atoms with Gasteiger partial charge in [0.15, 0.2) is 0 Å². The Morgan fingerprint density at radius 3 is 2.59 bits per heavy atom. The maximum Gasteiger partial charge on any atom is 0.441 e. The average Bonchev–Trinajstić information content (AvgIpc) is 2.24. The lowest BCUT2D eigenvalue weighted by molar-refractivity contribution is -0.0327. The van der Waals surface area contributed by atoms with Gasteiger partial charge in [-0.1, -0.05) is 0 Å². The number of benzene rings is 1. The molecule has 2 nitrogen and oxygen atoms in total. The van der Waals surface area contributed by atoms with Gasteiger partial charge in [0.25, 0.3) is 0 Å². The molecule has 0 saturated heterocycles. The van der Waals surface area contributed by atoms with Crippen molar-refractivity contribution in [2.45, 2.75) is 5.51 Å². The fraction of sp³-hybridized carbons (Fsp3) is 0.300. The Kier molecular flexibility index (Phi) is 4.63. The van der Waals surface area contributed by atoms with Crippen LogP contribution in [0, 0.1) is 17.1 Å². The van der Waals surface area contributed by atoms with E-state index >= 15 is 0 Å². The van der Waals surface area contributed by atoms with E-state index < -0.39 is 11.3 Å². The second-order valence-electron chi connectivity index (χ2n) is 3.03. The largest absolute Gasteiger partial charge is 0.441 e. The third-order valence-electron chi connectivity index (χ3n) is 1.78. The molecule has 0 bridgehead atoms. The van der Waals surface area contributed by atoms with Gasteiger partial charge in [0.05, 0.1) is 17.3 Å². The maximum atomic E-state index is 13.3. The summed E-state index contributed by atoms with van der Waals surface area (Å²) in [6.07, 6.45) is 0. The molecule has 0 aromatic heterocycles. The lowest BCUT2D eigenvalue weighted by Crippen LogP contribution is -2.10. The molecule has 0 aliphatic rings. The van der Waals surface area contributed by atoms with Gasteiger partial charge >= 0.3 is 5.51 Å². The van der Waals surface area contributed by atoms with Crippen molar-refractivity contribution in [2.24, 2.45) is 0 Å². The summed E-state index contributed by atoms with van der Waals surface area (Å²) in [5.41, 5.74) is -4.02. The van der Waals surface area contributed by atoms with Crippen molar-refractivity contribution >= 4 is 17.4 Å². The Bertz CT molecular complexity index is 425. The number of nitriles is 1. The number of hydrogen-bond donors (Lipinski definition) is 1. The Labute approximate surface area is 99.6 Å². The predicted molar refractivity (Wildman–Crippen MR) is 58.1 cm³/mol. The molecule has 0 fully saturated rings. The van der Waals surface area contributed by atoms with Gasteiger partial charge in [0.2, 0.25) is 0 Å². The molecule has 17 heavy (non-hydrogen) atoms. The highest BCUT2D eigenvalue weighted by Gasteiger charge is 2.27. The topological polar surface area (TPSA) is 35.8 Å². The Balaban J connectivity index is 2.45. The second-order valence-corrected chi connectivity index (χ2v) is 4.19. The monoisotopic (exact) mass is 264 g/mol. The van der Waals surface area contributed by atoms with Crippen LogP contribution in [-0.2, 0) is 0 Å². The minimum Gasteiger partial charge on any atom is -0.382 e. The van der Waals surface area contributed by atoms with E-state index in [0.717, 1.165) is 6.07 Å². The van der Waals surface area contributed by atoms with Crippen molar-refractivity contribution in [1.82, 2.24) is 0 Å². The zero-order valence-corrected chi connectivity index (χ0v) is 9.33. The Morgan fingerprint density at radius 1 is 1.35 bits per heavy atom. The van der Waals surface area contributed by atoms with Crippen molar-refractivity contribution in [3.05, 3.63) is 29.6 Å². The SMILES string of the molecule is N#Cc1ccc(NCCSC(F)(F)F)c(F)c1. The van der Waals surface area contributed by atoms with E-state index in [1.54, 1.807) is 6.07 Å². The normalized spacial score (nSPS) is 11.0. The van der Waals surface area contributed by atoms with Gasteiger partial charge in [-0.2, -0.15) is 18.4 Å². The predicted octanol–water partition coefficient (Wildman–Crippen LogP) is 3.36. The van der Waals surface area contributed by atoms with E-state index in [2.05, 4.69) is 5.32 Å². The van der Waals surface area contributed by atoms with Gasteiger partial charge in [-0.25, -0.2) is 4.39 Å². The van der Waals surface area contributed by atoms with E-state index in [0.29, 0.717) is 0 Å². The van der Waals surface area contributed by atoms with Crippen LogP contribution in [0.25, 0.3) is 0 Å². The van der Waals surface area contributed by atoms with Crippen molar-refractivity contribution < 1.29 is 17.6 Å². The summed E-state index contributed by atoms with van der Waals surface area (Å²) < 4.78 is 48.6. The highest BCUT2D eigenvalue weighted by atomic mass is 32.2. The Morgan fingerprint density at radius 2 is 2.06 bits per heavy atom. The van der Waals surface area contributed by atoms with Crippen molar-refractivity contribution in [3.63, 3.8) is 0 Å². The van der Waals surface area contributed by atoms with E-state index in [4.69, 9.17) is 5.26 Å². The lowest BCUT2D eigenvalue weighted by Gasteiger charge is -2.08. The third kappa shape index (κ3) is 4.95. The second kappa shape index (κ2) is 5.77. The van der Waals surface area contributed by atoms with Crippen molar-refractivity contribution in [1.29, 1.82) is 5.26 Å². The third-order valence-corrected chi connectivity index (χ3v) is 2.52. The van der Waals surface area contributed by atoms with Gasteiger partial charge in [-0.3, -0.25) is 0 Å². The summed E-state index contributed by atoms with van der Waals surface area (Å²) in [4.78, 5) is 0. The minimum atomic E-state index is -4.27.